The Morgan fingerprint density at radius 1 is 1.41 bits per heavy atom. The highest BCUT2D eigenvalue weighted by atomic mass is 15.3. The summed E-state index contributed by atoms with van der Waals surface area (Å²) in [4.78, 5) is 0. The van der Waals surface area contributed by atoms with Gasteiger partial charge in [-0.25, -0.2) is 0 Å². The Balaban J connectivity index is 2.64. The van der Waals surface area contributed by atoms with Crippen LogP contribution in [0.4, 0.5) is 0 Å². The Morgan fingerprint density at radius 3 is 2.59 bits per heavy atom. The molecule has 0 saturated carbocycles. The SMILES string of the molecule is CCCNC(CCC(C)(C)C)c1ccnn1C. The monoisotopic (exact) mass is 237 g/mol. The molecule has 0 aliphatic rings. The zero-order valence-corrected chi connectivity index (χ0v) is 12.0. The van der Waals surface area contributed by atoms with Gasteiger partial charge in [-0.15, -0.1) is 0 Å². The average molecular weight is 237 g/mol. The van der Waals surface area contributed by atoms with Crippen molar-refractivity contribution >= 4 is 0 Å². The second-order valence-electron chi connectivity index (χ2n) is 5.99. The van der Waals surface area contributed by atoms with Crippen LogP contribution in [0.1, 0.15) is 58.7 Å². The van der Waals surface area contributed by atoms with Crippen LogP contribution in [0.2, 0.25) is 0 Å². The van der Waals surface area contributed by atoms with Crippen LogP contribution in [0.15, 0.2) is 12.3 Å². The van der Waals surface area contributed by atoms with E-state index >= 15 is 0 Å². The zero-order valence-electron chi connectivity index (χ0n) is 12.0. The molecule has 0 amide bonds. The number of nitrogens with zero attached hydrogens (tertiary/aromatic N) is 2. The maximum absolute atomic E-state index is 4.27. The molecule has 1 heterocycles. The molecule has 0 aliphatic heterocycles. The first-order valence-electron chi connectivity index (χ1n) is 6.65. The quantitative estimate of drug-likeness (QED) is 0.823. The summed E-state index contributed by atoms with van der Waals surface area (Å²) in [7, 11) is 2.02. The highest BCUT2D eigenvalue weighted by Crippen LogP contribution is 2.27. The van der Waals surface area contributed by atoms with E-state index in [1.54, 1.807) is 0 Å². The minimum atomic E-state index is 0.394. The lowest BCUT2D eigenvalue weighted by Gasteiger charge is -2.24. The number of aryl methyl sites for hydroxylation is 1. The molecule has 3 nitrogen and oxygen atoms in total. The fourth-order valence-corrected chi connectivity index (χ4v) is 1.98. The minimum absolute atomic E-state index is 0.394. The van der Waals surface area contributed by atoms with Crippen molar-refractivity contribution in [2.24, 2.45) is 12.5 Å². The van der Waals surface area contributed by atoms with Crippen molar-refractivity contribution in [3.8, 4) is 0 Å². The van der Waals surface area contributed by atoms with Gasteiger partial charge in [-0.2, -0.15) is 5.10 Å². The molecule has 0 saturated heterocycles. The third kappa shape index (κ3) is 4.90. The van der Waals surface area contributed by atoms with Gasteiger partial charge in [0.2, 0.25) is 0 Å². The summed E-state index contributed by atoms with van der Waals surface area (Å²) >= 11 is 0. The second kappa shape index (κ2) is 6.20. The Labute approximate surface area is 106 Å². The highest BCUT2D eigenvalue weighted by molar-refractivity contribution is 5.06. The van der Waals surface area contributed by atoms with E-state index in [0.29, 0.717) is 11.5 Å². The Bertz CT molecular complexity index is 322. The summed E-state index contributed by atoms with van der Waals surface area (Å²) in [6.07, 6.45) is 5.44. The van der Waals surface area contributed by atoms with E-state index in [1.807, 2.05) is 17.9 Å². The van der Waals surface area contributed by atoms with Gasteiger partial charge in [0.1, 0.15) is 0 Å². The van der Waals surface area contributed by atoms with Crippen LogP contribution in [0.25, 0.3) is 0 Å². The molecule has 1 atom stereocenters. The summed E-state index contributed by atoms with van der Waals surface area (Å²) in [6.45, 7) is 10.2. The van der Waals surface area contributed by atoms with Gasteiger partial charge >= 0.3 is 0 Å². The molecule has 3 heteroatoms. The molecule has 0 aromatic carbocycles. The van der Waals surface area contributed by atoms with Crippen LogP contribution >= 0.6 is 0 Å². The van der Waals surface area contributed by atoms with Gasteiger partial charge in [0.05, 0.1) is 5.69 Å². The Hall–Kier alpha value is -0.830. The first-order valence-corrected chi connectivity index (χ1v) is 6.65. The van der Waals surface area contributed by atoms with Crippen LogP contribution in [0.5, 0.6) is 0 Å². The summed E-state index contributed by atoms with van der Waals surface area (Å²) in [6, 6.07) is 2.55. The van der Waals surface area contributed by atoms with E-state index < -0.39 is 0 Å². The predicted octanol–water partition coefficient (Wildman–Crippen LogP) is 3.29. The first kappa shape index (κ1) is 14.2. The molecular formula is C14H27N3. The van der Waals surface area contributed by atoms with E-state index in [4.69, 9.17) is 0 Å². The van der Waals surface area contributed by atoms with Gasteiger partial charge in [0.15, 0.2) is 0 Å². The number of rotatable bonds is 6. The largest absolute Gasteiger partial charge is 0.309 e. The topological polar surface area (TPSA) is 29.9 Å². The first-order chi connectivity index (χ1) is 7.94. The van der Waals surface area contributed by atoms with Gasteiger partial charge in [0.25, 0.3) is 0 Å². The Kier molecular flexibility index (Phi) is 5.19. The maximum Gasteiger partial charge on any atom is 0.0550 e. The lowest BCUT2D eigenvalue weighted by molar-refractivity contribution is 0.326. The third-order valence-corrected chi connectivity index (χ3v) is 3.04. The van der Waals surface area contributed by atoms with Crippen molar-refractivity contribution in [2.75, 3.05) is 6.54 Å². The molecule has 98 valence electrons. The maximum atomic E-state index is 4.27. The van der Waals surface area contributed by atoms with Crippen molar-refractivity contribution in [1.29, 1.82) is 0 Å². The van der Waals surface area contributed by atoms with Crippen molar-refractivity contribution in [2.45, 2.75) is 53.0 Å². The summed E-state index contributed by atoms with van der Waals surface area (Å²) in [5.74, 6) is 0. The van der Waals surface area contributed by atoms with Crippen molar-refractivity contribution < 1.29 is 0 Å². The van der Waals surface area contributed by atoms with Crippen LogP contribution in [0, 0.1) is 5.41 Å². The van der Waals surface area contributed by atoms with Gasteiger partial charge in [0, 0.05) is 19.3 Å². The number of nitrogens with one attached hydrogen (secondary N) is 1. The van der Waals surface area contributed by atoms with Crippen LogP contribution in [0.3, 0.4) is 0 Å². The summed E-state index contributed by atoms with van der Waals surface area (Å²) in [5.41, 5.74) is 1.69. The molecule has 1 aromatic heterocycles. The molecule has 1 aromatic rings. The van der Waals surface area contributed by atoms with Crippen LogP contribution < -0.4 is 5.32 Å². The van der Waals surface area contributed by atoms with Crippen molar-refractivity contribution in [3.05, 3.63) is 18.0 Å². The van der Waals surface area contributed by atoms with E-state index in [1.165, 1.54) is 25.0 Å². The van der Waals surface area contributed by atoms with Gasteiger partial charge in [-0.1, -0.05) is 27.7 Å². The minimum Gasteiger partial charge on any atom is -0.309 e. The number of hydrogen-bond donors (Lipinski definition) is 1. The molecule has 1 N–H and O–H groups in total. The van der Waals surface area contributed by atoms with Gasteiger partial charge in [-0.05, 0) is 37.3 Å². The molecular weight excluding hydrogens is 210 g/mol. The lowest BCUT2D eigenvalue weighted by Crippen LogP contribution is -2.25. The van der Waals surface area contributed by atoms with Gasteiger partial charge in [-0.3, -0.25) is 4.68 Å². The standard InChI is InChI=1S/C14H27N3/c1-6-10-15-12(7-9-14(2,3)4)13-8-11-16-17(13)5/h8,11-12,15H,6-7,9-10H2,1-5H3. The molecule has 0 spiro atoms. The second-order valence-corrected chi connectivity index (χ2v) is 5.99. The normalized spacial score (nSPS) is 13.9. The smallest absolute Gasteiger partial charge is 0.0550 e. The fourth-order valence-electron chi connectivity index (χ4n) is 1.98. The van der Waals surface area contributed by atoms with Gasteiger partial charge < -0.3 is 5.32 Å². The van der Waals surface area contributed by atoms with Crippen LogP contribution in [-0.2, 0) is 7.05 Å². The Morgan fingerprint density at radius 2 is 2.12 bits per heavy atom. The van der Waals surface area contributed by atoms with E-state index in [2.05, 4.69) is 44.2 Å². The number of aromatic nitrogens is 2. The van der Waals surface area contributed by atoms with E-state index in [9.17, 15) is 0 Å². The molecule has 0 bridgehead atoms. The highest BCUT2D eigenvalue weighted by Gasteiger charge is 2.18. The van der Waals surface area contributed by atoms with Crippen molar-refractivity contribution in [3.63, 3.8) is 0 Å². The van der Waals surface area contributed by atoms with E-state index in [0.717, 1.165) is 6.54 Å². The summed E-state index contributed by atoms with van der Waals surface area (Å²) < 4.78 is 1.98. The average Bonchev–Trinajstić information content (AvgIpc) is 2.63. The molecule has 0 fully saturated rings. The van der Waals surface area contributed by atoms with Crippen LogP contribution in [-0.4, -0.2) is 16.3 Å². The predicted molar refractivity (Wildman–Crippen MR) is 72.9 cm³/mol. The molecule has 0 radical (unpaired) electrons. The molecule has 0 aliphatic carbocycles. The molecule has 1 rings (SSSR count). The zero-order chi connectivity index (χ0) is 12.9. The summed E-state index contributed by atoms with van der Waals surface area (Å²) in [5, 5.41) is 7.89. The fraction of sp³-hybridized carbons (Fsp3) is 0.786. The van der Waals surface area contributed by atoms with Crippen molar-refractivity contribution in [1.82, 2.24) is 15.1 Å². The lowest BCUT2D eigenvalue weighted by atomic mass is 9.88. The van der Waals surface area contributed by atoms with E-state index in [-0.39, 0.29) is 0 Å². The molecule has 1 unspecified atom stereocenters. The molecule has 17 heavy (non-hydrogen) atoms. The number of hydrogen-bond acceptors (Lipinski definition) is 2. The third-order valence-electron chi connectivity index (χ3n) is 3.04.